The standard InChI is InChI=1S/C26H37BN4O5.C4H5Br.2C2H6/c1-16(2)21(30-24(33)34-7)23(32)31-14-8-9-20(31)22-28-15-19(29-22)17-10-12-18(13-11-17)27-35-25(3,4)26(5,6)36-27;1-3-4(2)5;2*1-2/h10-13,15-16,20-21H,8-9,14H2,1-7H3,(H,28,29)(H,30,33);3H,1-2H2;2*1-2H3. The molecule has 2 aliphatic rings. The van der Waals surface area contributed by atoms with E-state index in [2.05, 4.69) is 44.4 Å². The van der Waals surface area contributed by atoms with E-state index in [4.69, 9.17) is 14.0 Å². The molecule has 3 heterocycles. The third kappa shape index (κ3) is 10.6. The number of nitrogens with one attached hydrogen (secondary N) is 2. The Hall–Kier alpha value is -2.89. The Morgan fingerprint density at radius 2 is 1.67 bits per heavy atom. The van der Waals surface area contributed by atoms with Gasteiger partial charge >= 0.3 is 13.2 Å². The second-order valence-electron chi connectivity index (χ2n) is 11.6. The van der Waals surface area contributed by atoms with Crippen molar-refractivity contribution in [1.29, 1.82) is 0 Å². The Balaban J connectivity index is 0.00000101. The number of methoxy groups -OCH3 is 1. The topological polar surface area (TPSA) is 106 Å². The second kappa shape index (κ2) is 18.3. The van der Waals surface area contributed by atoms with E-state index in [1.54, 1.807) is 12.3 Å². The SMILES string of the molecule is C=CC(=C)Br.CC.CC.COC(=O)NC(C(=O)N1CCCC1c1ncc(-c2ccc(B3OC(C)(C)C(C)(C)O3)cc2)[nH]1)C(C)C. The molecule has 2 saturated heterocycles. The molecule has 2 N–H and O–H groups in total. The number of amides is 2. The maximum atomic E-state index is 13.3. The Bertz CT molecular complexity index is 1230. The van der Waals surface area contributed by atoms with Crippen LogP contribution in [-0.4, -0.2) is 64.9 Å². The number of allylic oxidation sites excluding steroid dienone is 2. The summed E-state index contributed by atoms with van der Waals surface area (Å²) in [4.78, 5) is 35.0. The van der Waals surface area contributed by atoms with Crippen LogP contribution in [0.15, 0.2) is 54.2 Å². The van der Waals surface area contributed by atoms with E-state index < -0.39 is 19.3 Å². The van der Waals surface area contributed by atoms with E-state index in [1.807, 2.05) is 98.4 Å². The minimum Gasteiger partial charge on any atom is -0.453 e. The number of H-pyrrole nitrogens is 1. The molecule has 4 rings (SSSR count). The number of carbonyl (C=O) groups excluding carboxylic acids is 2. The quantitative estimate of drug-likeness (QED) is 0.230. The van der Waals surface area contributed by atoms with Crippen LogP contribution < -0.4 is 10.8 Å². The van der Waals surface area contributed by atoms with Crippen molar-refractivity contribution in [2.45, 2.75) is 105 Å². The highest BCUT2D eigenvalue weighted by Gasteiger charge is 2.51. The number of ether oxygens (including phenoxy) is 1. The van der Waals surface area contributed by atoms with Gasteiger partial charge in [-0.3, -0.25) is 4.79 Å². The molecule has 0 saturated carbocycles. The molecule has 2 aliphatic heterocycles. The van der Waals surface area contributed by atoms with Gasteiger partial charge < -0.3 is 29.2 Å². The van der Waals surface area contributed by atoms with Gasteiger partial charge in [-0.2, -0.15) is 0 Å². The van der Waals surface area contributed by atoms with Crippen LogP contribution in [0.5, 0.6) is 0 Å². The molecule has 2 amide bonds. The molecule has 45 heavy (non-hydrogen) atoms. The largest absolute Gasteiger partial charge is 0.494 e. The van der Waals surface area contributed by atoms with E-state index in [0.717, 1.165) is 39.9 Å². The van der Waals surface area contributed by atoms with Gasteiger partial charge in [0.2, 0.25) is 5.91 Å². The Morgan fingerprint density at radius 1 is 1.13 bits per heavy atom. The predicted octanol–water partition coefficient (Wildman–Crippen LogP) is 7.55. The fourth-order valence-corrected chi connectivity index (χ4v) is 4.64. The Morgan fingerprint density at radius 3 is 2.13 bits per heavy atom. The first kappa shape index (κ1) is 40.1. The first-order valence-electron chi connectivity index (χ1n) is 15.8. The predicted molar refractivity (Wildman–Crippen MR) is 189 cm³/mol. The fraction of sp³-hybridized carbons (Fsp3) is 0.559. The van der Waals surface area contributed by atoms with E-state index in [1.165, 1.54) is 7.11 Å². The molecule has 0 radical (unpaired) electrons. The molecule has 2 aromatic rings. The number of rotatable bonds is 7. The van der Waals surface area contributed by atoms with E-state index >= 15 is 0 Å². The average molecular weight is 690 g/mol. The van der Waals surface area contributed by atoms with Crippen molar-refractivity contribution in [1.82, 2.24) is 20.2 Å². The lowest BCUT2D eigenvalue weighted by Crippen LogP contribution is -2.51. The number of hydrogen-bond donors (Lipinski definition) is 2. The number of nitrogens with zero attached hydrogens (tertiary/aromatic N) is 2. The lowest BCUT2D eigenvalue weighted by Gasteiger charge is -2.32. The number of benzene rings is 1. The third-order valence-corrected chi connectivity index (χ3v) is 8.13. The summed E-state index contributed by atoms with van der Waals surface area (Å²) in [6.45, 7) is 27.5. The van der Waals surface area contributed by atoms with Crippen LogP contribution in [0.4, 0.5) is 4.79 Å². The van der Waals surface area contributed by atoms with Crippen LogP contribution >= 0.6 is 15.9 Å². The number of halogens is 1. The number of hydrogen-bond acceptors (Lipinski definition) is 6. The zero-order valence-corrected chi connectivity index (χ0v) is 30.7. The highest BCUT2D eigenvalue weighted by molar-refractivity contribution is 9.11. The maximum Gasteiger partial charge on any atom is 0.494 e. The zero-order chi connectivity index (χ0) is 34.5. The molecule has 2 unspecified atom stereocenters. The summed E-state index contributed by atoms with van der Waals surface area (Å²) in [7, 11) is 0.884. The van der Waals surface area contributed by atoms with Gasteiger partial charge in [0.15, 0.2) is 0 Å². The van der Waals surface area contributed by atoms with Crippen molar-refractivity contribution in [2.24, 2.45) is 5.92 Å². The number of aromatic amines is 1. The minimum atomic E-state index is -0.657. The van der Waals surface area contributed by atoms with Gasteiger partial charge in [0, 0.05) is 11.0 Å². The molecule has 250 valence electrons. The lowest BCUT2D eigenvalue weighted by atomic mass is 9.79. The van der Waals surface area contributed by atoms with Gasteiger partial charge in [-0.05, 0) is 57.5 Å². The second-order valence-corrected chi connectivity index (χ2v) is 12.6. The number of carbonyl (C=O) groups is 2. The molecule has 11 heteroatoms. The van der Waals surface area contributed by atoms with Crippen LogP contribution in [0.3, 0.4) is 0 Å². The third-order valence-electron chi connectivity index (χ3n) is 7.81. The normalized spacial score (nSPS) is 18.3. The zero-order valence-electron chi connectivity index (χ0n) is 29.1. The van der Waals surface area contributed by atoms with Crippen molar-refractivity contribution in [3.8, 4) is 11.3 Å². The summed E-state index contributed by atoms with van der Waals surface area (Å²) >= 11 is 3.06. The molecule has 0 spiro atoms. The molecule has 2 atom stereocenters. The van der Waals surface area contributed by atoms with Crippen LogP contribution in [0, 0.1) is 5.92 Å². The van der Waals surface area contributed by atoms with Crippen molar-refractivity contribution < 1.29 is 23.6 Å². The first-order valence-corrected chi connectivity index (χ1v) is 16.6. The molecule has 0 aliphatic carbocycles. The summed E-state index contributed by atoms with van der Waals surface area (Å²) in [5.41, 5.74) is 2.04. The minimum absolute atomic E-state index is 0.0764. The maximum absolute atomic E-state index is 13.3. The van der Waals surface area contributed by atoms with Gasteiger partial charge in [-0.1, -0.05) is 101 Å². The van der Waals surface area contributed by atoms with Crippen molar-refractivity contribution >= 4 is 40.5 Å². The van der Waals surface area contributed by atoms with Crippen LogP contribution in [0.2, 0.25) is 0 Å². The van der Waals surface area contributed by atoms with Gasteiger partial charge in [0.05, 0.1) is 36.2 Å². The van der Waals surface area contributed by atoms with Gasteiger partial charge in [-0.15, -0.1) is 0 Å². The summed E-state index contributed by atoms with van der Waals surface area (Å²) in [5, 5.41) is 2.68. The Labute approximate surface area is 279 Å². The molecular formula is C34H54BBrN4O5. The molecule has 9 nitrogen and oxygen atoms in total. The number of alkyl carbamates (subject to hydrolysis) is 1. The average Bonchev–Trinajstić information content (AvgIpc) is 3.75. The fourth-order valence-electron chi connectivity index (χ4n) is 4.64. The van der Waals surface area contributed by atoms with E-state index in [0.29, 0.717) is 6.54 Å². The number of imidazole rings is 1. The molecule has 2 fully saturated rings. The van der Waals surface area contributed by atoms with Crippen molar-refractivity contribution in [3.63, 3.8) is 0 Å². The van der Waals surface area contributed by atoms with Crippen LogP contribution in [-0.2, 0) is 18.8 Å². The summed E-state index contributed by atoms with van der Waals surface area (Å²) < 4.78 is 17.9. The van der Waals surface area contributed by atoms with Crippen molar-refractivity contribution in [3.05, 3.63) is 60.0 Å². The van der Waals surface area contributed by atoms with Crippen molar-refractivity contribution in [2.75, 3.05) is 13.7 Å². The number of likely N-dealkylation sites (tertiary alicyclic amines) is 1. The highest BCUT2D eigenvalue weighted by Crippen LogP contribution is 2.37. The van der Waals surface area contributed by atoms with Crippen LogP contribution in [0.25, 0.3) is 11.3 Å². The summed E-state index contributed by atoms with van der Waals surface area (Å²) in [6.07, 6.45) is 4.51. The van der Waals surface area contributed by atoms with E-state index in [-0.39, 0.29) is 29.1 Å². The summed E-state index contributed by atoms with van der Waals surface area (Å²) in [5.74, 6) is 0.543. The first-order chi connectivity index (χ1) is 21.2. The van der Waals surface area contributed by atoms with E-state index in [9.17, 15) is 9.59 Å². The number of aromatic nitrogens is 2. The highest BCUT2D eigenvalue weighted by atomic mass is 79.9. The lowest BCUT2D eigenvalue weighted by molar-refractivity contribution is -0.135. The molecule has 1 aromatic carbocycles. The monoisotopic (exact) mass is 688 g/mol. The van der Waals surface area contributed by atoms with Crippen LogP contribution in [0.1, 0.15) is 93.9 Å². The van der Waals surface area contributed by atoms with Gasteiger partial charge in [0.25, 0.3) is 0 Å². The Kier molecular flexibility index (Phi) is 16.3. The molecule has 0 bridgehead atoms. The molecular weight excluding hydrogens is 635 g/mol. The summed E-state index contributed by atoms with van der Waals surface area (Å²) in [6, 6.07) is 7.23. The van der Waals surface area contributed by atoms with Gasteiger partial charge in [-0.25, -0.2) is 9.78 Å². The van der Waals surface area contributed by atoms with Gasteiger partial charge in [0.1, 0.15) is 11.9 Å². The molecule has 1 aromatic heterocycles. The smallest absolute Gasteiger partial charge is 0.453 e.